The van der Waals surface area contributed by atoms with Gasteiger partial charge in [0.25, 0.3) is 0 Å². The third-order valence-corrected chi connectivity index (χ3v) is 6.69. The second kappa shape index (κ2) is 10.8. The third kappa shape index (κ3) is 5.17. The second-order valence-electron chi connectivity index (χ2n) is 9.14. The minimum Gasteiger partial charge on any atom is -0.356 e. The Hall–Kier alpha value is -3.94. The Morgan fingerprint density at radius 1 is 0.917 bits per heavy atom. The van der Waals surface area contributed by atoms with Crippen LogP contribution in [0.25, 0.3) is 11.0 Å². The summed E-state index contributed by atoms with van der Waals surface area (Å²) in [5.74, 6) is -0.159. The molecule has 0 aliphatic carbocycles. The Balaban J connectivity index is 1.48. The number of benzene rings is 2. The van der Waals surface area contributed by atoms with E-state index in [4.69, 9.17) is 0 Å². The van der Waals surface area contributed by atoms with Crippen LogP contribution >= 0.6 is 0 Å². The standard InChI is InChI=1S/C28H33N5O3/c1-5-33-21(4)23(20(3)30-33)14-16-29-26(34)15-17-31-24-8-6-7-9-25(24)32(28(36)27(31)35)18-22-12-10-19(2)11-13-22/h6-13H,5,14-18H2,1-4H3,(H,29,34). The molecule has 0 aliphatic rings. The summed E-state index contributed by atoms with van der Waals surface area (Å²) in [6.07, 6.45) is 0.804. The van der Waals surface area contributed by atoms with Gasteiger partial charge in [0.1, 0.15) is 0 Å². The van der Waals surface area contributed by atoms with Crippen LogP contribution in [0.3, 0.4) is 0 Å². The van der Waals surface area contributed by atoms with Crippen LogP contribution in [0, 0.1) is 20.8 Å². The number of rotatable bonds is 9. The number of para-hydroxylation sites is 2. The molecule has 36 heavy (non-hydrogen) atoms. The molecule has 8 nitrogen and oxygen atoms in total. The number of fused-ring (bicyclic) bond motifs is 1. The van der Waals surface area contributed by atoms with E-state index in [1.54, 1.807) is 0 Å². The quantitative estimate of drug-likeness (QED) is 0.367. The smallest absolute Gasteiger partial charge is 0.317 e. The van der Waals surface area contributed by atoms with Gasteiger partial charge in [0, 0.05) is 31.7 Å². The molecule has 1 N–H and O–H groups in total. The first kappa shape index (κ1) is 25.2. The highest BCUT2D eigenvalue weighted by Gasteiger charge is 2.15. The summed E-state index contributed by atoms with van der Waals surface area (Å²) in [6.45, 7) is 9.83. The number of aromatic nitrogens is 4. The van der Waals surface area contributed by atoms with Crippen molar-refractivity contribution >= 4 is 16.9 Å². The third-order valence-electron chi connectivity index (χ3n) is 6.69. The van der Waals surface area contributed by atoms with Gasteiger partial charge in [-0.25, -0.2) is 0 Å². The van der Waals surface area contributed by atoms with Crippen LogP contribution in [-0.2, 0) is 30.8 Å². The number of nitrogens with one attached hydrogen (secondary N) is 1. The summed E-state index contributed by atoms with van der Waals surface area (Å²) in [5.41, 5.74) is 5.42. The minimum atomic E-state index is -0.619. The number of amides is 1. The van der Waals surface area contributed by atoms with Gasteiger partial charge >= 0.3 is 11.1 Å². The van der Waals surface area contributed by atoms with Gasteiger partial charge in [-0.15, -0.1) is 0 Å². The van der Waals surface area contributed by atoms with E-state index in [-0.39, 0.29) is 18.9 Å². The Kier molecular flexibility index (Phi) is 7.52. The molecular weight excluding hydrogens is 454 g/mol. The van der Waals surface area contributed by atoms with Crippen molar-refractivity contribution < 1.29 is 4.79 Å². The van der Waals surface area contributed by atoms with Crippen molar-refractivity contribution in [3.63, 3.8) is 0 Å². The Bertz CT molecular complexity index is 1510. The molecule has 1 amide bonds. The summed E-state index contributed by atoms with van der Waals surface area (Å²) >= 11 is 0. The van der Waals surface area contributed by atoms with Crippen molar-refractivity contribution in [2.75, 3.05) is 6.54 Å². The molecule has 2 heterocycles. The van der Waals surface area contributed by atoms with Crippen LogP contribution in [0.1, 0.15) is 41.4 Å². The molecule has 8 heteroatoms. The van der Waals surface area contributed by atoms with Crippen LogP contribution < -0.4 is 16.4 Å². The summed E-state index contributed by atoms with van der Waals surface area (Å²) in [5, 5.41) is 7.46. The molecule has 4 aromatic rings. The molecule has 0 aliphatic heterocycles. The molecule has 0 saturated carbocycles. The molecule has 0 radical (unpaired) electrons. The Morgan fingerprint density at radius 2 is 1.56 bits per heavy atom. The number of aryl methyl sites for hydroxylation is 4. The normalized spacial score (nSPS) is 11.2. The van der Waals surface area contributed by atoms with Crippen LogP contribution in [0.4, 0.5) is 0 Å². The van der Waals surface area contributed by atoms with E-state index < -0.39 is 11.1 Å². The van der Waals surface area contributed by atoms with E-state index in [0.29, 0.717) is 30.5 Å². The van der Waals surface area contributed by atoms with Crippen LogP contribution in [0.5, 0.6) is 0 Å². The van der Waals surface area contributed by atoms with Crippen LogP contribution in [0.2, 0.25) is 0 Å². The molecule has 0 spiro atoms. The SMILES string of the molecule is CCn1nc(C)c(CCNC(=O)CCn2c(=O)c(=O)n(Cc3ccc(C)cc3)c3ccccc32)c1C. The topological polar surface area (TPSA) is 90.9 Å². The van der Waals surface area contributed by atoms with E-state index in [1.807, 2.05) is 74.0 Å². The van der Waals surface area contributed by atoms with Crippen molar-refractivity contribution in [3.8, 4) is 0 Å². The zero-order valence-corrected chi connectivity index (χ0v) is 21.4. The zero-order chi connectivity index (χ0) is 25.8. The van der Waals surface area contributed by atoms with Crippen molar-refractivity contribution in [3.05, 3.63) is 97.3 Å². The maximum Gasteiger partial charge on any atom is 0.317 e. The van der Waals surface area contributed by atoms with Gasteiger partial charge in [-0.3, -0.25) is 23.6 Å². The lowest BCUT2D eigenvalue weighted by Crippen LogP contribution is -2.42. The second-order valence-corrected chi connectivity index (χ2v) is 9.14. The molecule has 0 saturated heterocycles. The molecule has 0 unspecified atom stereocenters. The van der Waals surface area contributed by atoms with E-state index in [1.165, 1.54) is 9.13 Å². The fourth-order valence-corrected chi connectivity index (χ4v) is 4.66. The van der Waals surface area contributed by atoms with E-state index in [2.05, 4.69) is 17.3 Å². The highest BCUT2D eigenvalue weighted by Crippen LogP contribution is 2.14. The first-order valence-electron chi connectivity index (χ1n) is 12.4. The lowest BCUT2D eigenvalue weighted by Gasteiger charge is -2.15. The number of nitrogens with zero attached hydrogens (tertiary/aromatic N) is 4. The zero-order valence-electron chi connectivity index (χ0n) is 21.4. The van der Waals surface area contributed by atoms with Gasteiger partial charge in [-0.2, -0.15) is 5.10 Å². The lowest BCUT2D eigenvalue weighted by molar-refractivity contribution is -0.121. The highest BCUT2D eigenvalue weighted by atomic mass is 16.2. The van der Waals surface area contributed by atoms with E-state index >= 15 is 0 Å². The summed E-state index contributed by atoms with van der Waals surface area (Å²) in [6, 6.07) is 15.2. The molecule has 4 rings (SSSR count). The molecule has 0 fully saturated rings. The molecular formula is C28H33N5O3. The van der Waals surface area contributed by atoms with Crippen molar-refractivity contribution in [2.45, 2.75) is 60.2 Å². The molecule has 188 valence electrons. The van der Waals surface area contributed by atoms with Gasteiger partial charge < -0.3 is 9.88 Å². The van der Waals surface area contributed by atoms with Gasteiger partial charge in [0.05, 0.1) is 23.3 Å². The predicted molar refractivity (Wildman–Crippen MR) is 141 cm³/mol. The summed E-state index contributed by atoms with van der Waals surface area (Å²) in [4.78, 5) is 38.7. The Morgan fingerprint density at radius 3 is 2.19 bits per heavy atom. The van der Waals surface area contributed by atoms with Gasteiger partial charge in [-0.05, 0) is 57.4 Å². The van der Waals surface area contributed by atoms with E-state index in [9.17, 15) is 14.4 Å². The maximum atomic E-state index is 13.1. The monoisotopic (exact) mass is 487 g/mol. The number of carbonyl (C=O) groups is 1. The largest absolute Gasteiger partial charge is 0.356 e. The molecule has 2 aromatic heterocycles. The average molecular weight is 488 g/mol. The van der Waals surface area contributed by atoms with Crippen LogP contribution in [-0.4, -0.2) is 31.4 Å². The first-order valence-corrected chi connectivity index (χ1v) is 12.4. The number of carbonyl (C=O) groups excluding carboxylic acids is 1. The van der Waals surface area contributed by atoms with E-state index in [0.717, 1.165) is 34.6 Å². The summed E-state index contributed by atoms with van der Waals surface area (Å²) in [7, 11) is 0. The first-order chi connectivity index (χ1) is 17.3. The summed E-state index contributed by atoms with van der Waals surface area (Å²) < 4.78 is 4.90. The molecule has 2 aromatic carbocycles. The van der Waals surface area contributed by atoms with Gasteiger partial charge in [0.2, 0.25) is 5.91 Å². The van der Waals surface area contributed by atoms with Gasteiger partial charge in [0.15, 0.2) is 0 Å². The number of hydrogen-bond acceptors (Lipinski definition) is 4. The van der Waals surface area contributed by atoms with Crippen molar-refractivity contribution in [1.29, 1.82) is 0 Å². The molecule has 0 bridgehead atoms. The fraction of sp³-hybridized carbons (Fsp3) is 0.357. The fourth-order valence-electron chi connectivity index (χ4n) is 4.66. The number of hydrogen-bond donors (Lipinski definition) is 1. The minimum absolute atomic E-state index is 0.109. The highest BCUT2D eigenvalue weighted by molar-refractivity contribution is 5.77. The van der Waals surface area contributed by atoms with Crippen LogP contribution in [0.15, 0.2) is 58.1 Å². The van der Waals surface area contributed by atoms with Gasteiger partial charge in [-0.1, -0.05) is 42.0 Å². The lowest BCUT2D eigenvalue weighted by atomic mass is 10.1. The maximum absolute atomic E-state index is 13.1. The Labute approximate surface area is 210 Å². The predicted octanol–water partition coefficient (Wildman–Crippen LogP) is 3.10. The molecule has 0 atom stereocenters. The average Bonchev–Trinajstić information content (AvgIpc) is 3.15. The van der Waals surface area contributed by atoms with Crippen molar-refractivity contribution in [1.82, 2.24) is 24.2 Å². The van der Waals surface area contributed by atoms with Crippen molar-refractivity contribution in [2.24, 2.45) is 0 Å².